The Kier molecular flexibility index (Phi) is 2.95. The first-order chi connectivity index (χ1) is 8.33. The predicted octanol–water partition coefficient (Wildman–Crippen LogP) is 3.92. The summed E-state index contributed by atoms with van der Waals surface area (Å²) in [4.78, 5) is 1.31. The van der Waals surface area contributed by atoms with Crippen molar-refractivity contribution >= 4 is 17.4 Å². The van der Waals surface area contributed by atoms with E-state index in [0.29, 0.717) is 4.75 Å². The lowest BCUT2D eigenvalue weighted by Crippen LogP contribution is -2.38. The van der Waals surface area contributed by atoms with Crippen molar-refractivity contribution in [2.45, 2.75) is 41.7 Å². The molecule has 1 aliphatic carbocycles. The van der Waals surface area contributed by atoms with Gasteiger partial charge in [-0.25, -0.2) is 0 Å². The Hall–Kier alpha value is -0.830. The molecule has 2 aliphatic rings. The first-order valence-corrected chi connectivity index (χ1v) is 7.25. The van der Waals surface area contributed by atoms with E-state index in [9.17, 15) is 0 Å². The van der Waals surface area contributed by atoms with Crippen LogP contribution in [0, 0.1) is 0 Å². The minimum Gasteiger partial charge on any atom is -0.496 e. The number of methoxy groups -OCH3 is 1. The molecule has 0 unspecified atom stereocenters. The van der Waals surface area contributed by atoms with Crippen LogP contribution in [0.2, 0.25) is 0 Å². The highest BCUT2D eigenvalue weighted by Gasteiger charge is 2.37. The Morgan fingerprint density at radius 1 is 1.24 bits per heavy atom. The lowest BCUT2D eigenvalue weighted by Gasteiger charge is -2.41. The van der Waals surface area contributed by atoms with Gasteiger partial charge in [0.05, 0.1) is 17.7 Å². The third-order valence-corrected chi connectivity index (χ3v) is 5.49. The van der Waals surface area contributed by atoms with E-state index in [1.54, 1.807) is 7.11 Å². The zero-order valence-corrected chi connectivity index (χ0v) is 11.1. The van der Waals surface area contributed by atoms with Gasteiger partial charge in [0.1, 0.15) is 5.75 Å². The molecule has 1 heterocycles. The fraction of sp³-hybridized carbons (Fsp3) is 0.571. The number of fused-ring (bicyclic) bond motifs is 1. The lowest BCUT2D eigenvalue weighted by molar-refractivity contribution is 0.394. The molecule has 1 saturated carbocycles. The van der Waals surface area contributed by atoms with Crippen LogP contribution in [-0.2, 0) is 0 Å². The van der Waals surface area contributed by atoms with Gasteiger partial charge < -0.3 is 10.1 Å². The second-order valence-corrected chi connectivity index (χ2v) is 6.51. The smallest absolute Gasteiger partial charge is 0.134 e. The summed E-state index contributed by atoms with van der Waals surface area (Å²) in [6, 6.07) is 6.28. The fourth-order valence-electron chi connectivity index (χ4n) is 2.90. The van der Waals surface area contributed by atoms with Gasteiger partial charge in [0.25, 0.3) is 0 Å². The summed E-state index contributed by atoms with van der Waals surface area (Å²) in [5, 5.41) is 3.60. The van der Waals surface area contributed by atoms with E-state index < -0.39 is 0 Å². The number of rotatable bonds is 1. The number of thioether (sulfide) groups is 1. The molecule has 1 N–H and O–H groups in total. The maximum Gasteiger partial charge on any atom is 0.134 e. The van der Waals surface area contributed by atoms with E-state index in [1.165, 1.54) is 42.7 Å². The number of nitrogens with one attached hydrogen (secondary N) is 1. The summed E-state index contributed by atoms with van der Waals surface area (Å²) < 4.78 is 5.90. The van der Waals surface area contributed by atoms with Crippen LogP contribution < -0.4 is 10.1 Å². The number of anilines is 1. The van der Waals surface area contributed by atoms with Crippen molar-refractivity contribution in [3.8, 4) is 5.75 Å². The van der Waals surface area contributed by atoms with Crippen LogP contribution in [0.25, 0.3) is 0 Å². The summed E-state index contributed by atoms with van der Waals surface area (Å²) >= 11 is 2.04. The average Bonchev–Trinajstić information content (AvgIpc) is 2.39. The van der Waals surface area contributed by atoms with Crippen LogP contribution in [-0.4, -0.2) is 18.4 Å². The zero-order chi connectivity index (χ0) is 11.7. The molecule has 3 rings (SSSR count). The van der Waals surface area contributed by atoms with E-state index in [0.717, 1.165) is 12.3 Å². The largest absolute Gasteiger partial charge is 0.496 e. The molecule has 0 saturated heterocycles. The lowest BCUT2D eigenvalue weighted by atomic mass is 9.88. The van der Waals surface area contributed by atoms with E-state index in [-0.39, 0.29) is 0 Å². The Labute approximate surface area is 107 Å². The summed E-state index contributed by atoms with van der Waals surface area (Å²) in [7, 11) is 1.76. The van der Waals surface area contributed by atoms with Gasteiger partial charge in [0.2, 0.25) is 0 Å². The van der Waals surface area contributed by atoms with Crippen molar-refractivity contribution in [2.24, 2.45) is 0 Å². The first kappa shape index (κ1) is 11.3. The number of benzene rings is 1. The van der Waals surface area contributed by atoms with Gasteiger partial charge in [-0.2, -0.15) is 0 Å². The maximum absolute atomic E-state index is 5.49. The first-order valence-electron chi connectivity index (χ1n) is 6.43. The third-order valence-electron chi connectivity index (χ3n) is 3.88. The van der Waals surface area contributed by atoms with E-state index in [4.69, 9.17) is 4.74 Å². The summed E-state index contributed by atoms with van der Waals surface area (Å²) in [5.74, 6) is 1.02. The monoisotopic (exact) mass is 249 g/mol. The summed E-state index contributed by atoms with van der Waals surface area (Å²) in [6.07, 6.45) is 6.82. The highest BCUT2D eigenvalue weighted by Crippen LogP contribution is 2.51. The number of ether oxygens (including phenoxy) is 1. The van der Waals surface area contributed by atoms with E-state index in [2.05, 4.69) is 23.5 Å². The standard InChI is InChI=1S/C14H19NOS/c1-16-12-7-5-6-11-13(12)17-14(10-15-11)8-3-2-4-9-14/h5-7,15H,2-4,8-10H2,1H3. The Balaban J connectivity index is 1.93. The van der Waals surface area contributed by atoms with E-state index >= 15 is 0 Å². The third kappa shape index (κ3) is 2.01. The second-order valence-electron chi connectivity index (χ2n) is 5.04. The molecule has 92 valence electrons. The van der Waals surface area contributed by atoms with E-state index in [1.807, 2.05) is 11.8 Å². The highest BCUT2D eigenvalue weighted by molar-refractivity contribution is 8.01. The number of hydrogen-bond acceptors (Lipinski definition) is 3. The topological polar surface area (TPSA) is 21.3 Å². The van der Waals surface area contributed by atoms with Gasteiger partial charge in [-0.05, 0) is 25.0 Å². The summed E-state index contributed by atoms with van der Waals surface area (Å²) in [5.41, 5.74) is 1.24. The molecule has 1 aliphatic heterocycles. The average molecular weight is 249 g/mol. The molecule has 0 bridgehead atoms. The predicted molar refractivity (Wildman–Crippen MR) is 73.2 cm³/mol. The highest BCUT2D eigenvalue weighted by atomic mass is 32.2. The van der Waals surface area contributed by atoms with Crippen molar-refractivity contribution < 1.29 is 4.74 Å². The maximum atomic E-state index is 5.49. The molecular formula is C14H19NOS. The Morgan fingerprint density at radius 3 is 2.82 bits per heavy atom. The van der Waals surface area contributed by atoms with Gasteiger partial charge in [-0.15, -0.1) is 11.8 Å². The van der Waals surface area contributed by atoms with Crippen molar-refractivity contribution in [2.75, 3.05) is 19.0 Å². The van der Waals surface area contributed by atoms with Crippen LogP contribution >= 0.6 is 11.8 Å². The van der Waals surface area contributed by atoms with Gasteiger partial charge >= 0.3 is 0 Å². The van der Waals surface area contributed by atoms with Crippen molar-refractivity contribution in [3.63, 3.8) is 0 Å². The second kappa shape index (κ2) is 4.45. The number of hydrogen-bond donors (Lipinski definition) is 1. The molecule has 17 heavy (non-hydrogen) atoms. The minimum atomic E-state index is 0.417. The molecule has 2 nitrogen and oxygen atoms in total. The molecule has 3 heteroatoms. The molecule has 0 atom stereocenters. The Bertz CT molecular complexity index is 398. The van der Waals surface area contributed by atoms with Crippen molar-refractivity contribution in [1.29, 1.82) is 0 Å². The van der Waals surface area contributed by atoms with Crippen LogP contribution in [0.4, 0.5) is 5.69 Å². The SMILES string of the molecule is COc1cccc2c1SC1(CCCCC1)CN2. The van der Waals surface area contributed by atoms with Crippen molar-refractivity contribution in [1.82, 2.24) is 0 Å². The molecule has 0 amide bonds. The Morgan fingerprint density at radius 2 is 2.06 bits per heavy atom. The van der Waals surface area contributed by atoms with Crippen LogP contribution in [0.5, 0.6) is 5.75 Å². The molecular weight excluding hydrogens is 230 g/mol. The molecule has 0 radical (unpaired) electrons. The molecule has 1 fully saturated rings. The van der Waals surface area contributed by atoms with Gasteiger partial charge in [0, 0.05) is 11.3 Å². The van der Waals surface area contributed by atoms with Crippen LogP contribution in [0.3, 0.4) is 0 Å². The van der Waals surface area contributed by atoms with Crippen molar-refractivity contribution in [3.05, 3.63) is 18.2 Å². The van der Waals surface area contributed by atoms with Crippen LogP contribution in [0.15, 0.2) is 23.1 Å². The summed E-state index contributed by atoms with van der Waals surface area (Å²) in [6.45, 7) is 1.11. The fourth-order valence-corrected chi connectivity index (χ4v) is 4.48. The van der Waals surface area contributed by atoms with Gasteiger partial charge in [-0.1, -0.05) is 25.3 Å². The zero-order valence-electron chi connectivity index (χ0n) is 10.3. The minimum absolute atomic E-state index is 0.417. The molecule has 0 aromatic heterocycles. The van der Waals surface area contributed by atoms with Gasteiger partial charge in [-0.3, -0.25) is 0 Å². The van der Waals surface area contributed by atoms with Crippen LogP contribution in [0.1, 0.15) is 32.1 Å². The molecule has 1 aromatic rings. The quantitative estimate of drug-likeness (QED) is 0.815. The molecule has 1 spiro atoms. The van der Waals surface area contributed by atoms with Gasteiger partial charge in [0.15, 0.2) is 0 Å². The molecule has 1 aromatic carbocycles. The normalized spacial score (nSPS) is 21.7.